The second-order valence-electron chi connectivity index (χ2n) is 9.31. The van der Waals surface area contributed by atoms with E-state index in [2.05, 4.69) is 23.8 Å². The third-order valence-corrected chi connectivity index (χ3v) is 7.14. The Morgan fingerprint density at radius 3 is 2.87 bits per heavy atom. The number of nitrogens with zero attached hydrogens (tertiary/aromatic N) is 4. The molecule has 3 atom stereocenters. The highest BCUT2D eigenvalue weighted by atomic mass is 19.1. The molecule has 6 nitrogen and oxygen atoms in total. The van der Waals surface area contributed by atoms with Crippen LogP contribution in [-0.4, -0.2) is 50.6 Å². The van der Waals surface area contributed by atoms with E-state index in [1.807, 2.05) is 16.7 Å². The zero-order valence-corrected chi connectivity index (χ0v) is 19.1. The van der Waals surface area contributed by atoms with E-state index in [0.29, 0.717) is 37.2 Å². The van der Waals surface area contributed by atoms with Gasteiger partial charge in [0.1, 0.15) is 11.7 Å². The molecule has 0 saturated carbocycles. The number of aryl methyl sites for hydroxylation is 2. The molecule has 7 heteroatoms. The van der Waals surface area contributed by atoms with Gasteiger partial charge in [0.2, 0.25) is 0 Å². The highest BCUT2D eigenvalue weighted by Gasteiger charge is 2.32. The monoisotopic (exact) mass is 432 g/mol. The standard InChI is InChI=1S/C24H37FN4O2/c1-3-20-16-21(31-17-19-9-4-5-10-22(19)25)15-18(2)27(20)13-8-14-29-24(30)28-12-7-6-11-23(28)26-29/h4,9,18,20-21H,3,5-8,10-17H2,1-2H3. The summed E-state index contributed by atoms with van der Waals surface area (Å²) in [6, 6.07) is 0.873. The lowest BCUT2D eigenvalue weighted by Crippen LogP contribution is -2.50. The summed E-state index contributed by atoms with van der Waals surface area (Å²) in [5, 5.41) is 4.57. The van der Waals surface area contributed by atoms with Gasteiger partial charge in [-0.1, -0.05) is 19.1 Å². The molecule has 1 fully saturated rings. The van der Waals surface area contributed by atoms with Gasteiger partial charge in [0.05, 0.1) is 12.7 Å². The van der Waals surface area contributed by atoms with Crippen LogP contribution in [0.5, 0.6) is 0 Å². The largest absolute Gasteiger partial charge is 0.373 e. The number of rotatable bonds is 8. The fourth-order valence-electron chi connectivity index (χ4n) is 5.37. The van der Waals surface area contributed by atoms with E-state index in [1.165, 1.54) is 0 Å². The zero-order chi connectivity index (χ0) is 21.8. The number of hydrogen-bond donors (Lipinski definition) is 0. The molecule has 0 N–H and O–H groups in total. The smallest absolute Gasteiger partial charge is 0.345 e. The average molecular weight is 433 g/mol. The zero-order valence-electron chi connectivity index (χ0n) is 19.1. The van der Waals surface area contributed by atoms with Crippen LogP contribution in [-0.2, 0) is 24.2 Å². The van der Waals surface area contributed by atoms with Gasteiger partial charge in [-0.05, 0) is 51.9 Å². The Bertz CT molecular complexity index is 871. The van der Waals surface area contributed by atoms with Crippen molar-refractivity contribution in [3.63, 3.8) is 0 Å². The Labute approximate surface area is 184 Å². The van der Waals surface area contributed by atoms with Crippen molar-refractivity contribution < 1.29 is 9.13 Å². The summed E-state index contributed by atoms with van der Waals surface area (Å²) in [4.78, 5) is 15.1. The van der Waals surface area contributed by atoms with Gasteiger partial charge in [-0.25, -0.2) is 13.9 Å². The van der Waals surface area contributed by atoms with Crippen LogP contribution in [0.2, 0.25) is 0 Å². The summed E-state index contributed by atoms with van der Waals surface area (Å²) >= 11 is 0. The lowest BCUT2D eigenvalue weighted by Gasteiger charge is -2.44. The van der Waals surface area contributed by atoms with Gasteiger partial charge in [-0.15, -0.1) is 0 Å². The lowest BCUT2D eigenvalue weighted by atomic mass is 9.92. The number of fused-ring (bicyclic) bond motifs is 1. The second kappa shape index (κ2) is 10.3. The van der Waals surface area contributed by atoms with Gasteiger partial charge < -0.3 is 4.74 Å². The van der Waals surface area contributed by atoms with Crippen molar-refractivity contribution in [2.24, 2.45) is 0 Å². The van der Waals surface area contributed by atoms with Gasteiger partial charge in [0.15, 0.2) is 0 Å². The van der Waals surface area contributed by atoms with Crippen LogP contribution in [0, 0.1) is 0 Å². The Balaban J connectivity index is 1.29. The molecule has 3 heterocycles. The molecule has 1 aromatic rings. The van der Waals surface area contributed by atoms with Gasteiger partial charge >= 0.3 is 5.69 Å². The van der Waals surface area contributed by atoms with E-state index in [-0.39, 0.29) is 17.6 Å². The van der Waals surface area contributed by atoms with Crippen LogP contribution in [0.1, 0.15) is 71.0 Å². The molecule has 2 aliphatic heterocycles. The minimum atomic E-state index is -0.0174. The molecular formula is C24H37FN4O2. The summed E-state index contributed by atoms with van der Waals surface area (Å²) in [5.41, 5.74) is 0.766. The number of piperidine rings is 1. The third kappa shape index (κ3) is 5.20. The van der Waals surface area contributed by atoms with Gasteiger partial charge in [-0.2, -0.15) is 5.10 Å². The maximum absolute atomic E-state index is 14.0. The van der Waals surface area contributed by atoms with Crippen LogP contribution >= 0.6 is 0 Å². The molecule has 172 valence electrons. The number of halogens is 1. The molecule has 4 rings (SSSR count). The molecule has 3 unspecified atom stereocenters. The molecule has 1 aromatic heterocycles. The average Bonchev–Trinajstić information content (AvgIpc) is 3.10. The van der Waals surface area contributed by atoms with Gasteiger partial charge in [-0.3, -0.25) is 9.47 Å². The number of hydrogen-bond acceptors (Lipinski definition) is 4. The molecule has 0 aromatic carbocycles. The van der Waals surface area contributed by atoms with E-state index in [9.17, 15) is 9.18 Å². The highest BCUT2D eigenvalue weighted by Crippen LogP contribution is 2.29. The predicted octanol–water partition coefficient (Wildman–Crippen LogP) is 3.99. The molecule has 1 saturated heterocycles. The third-order valence-electron chi connectivity index (χ3n) is 7.14. The van der Waals surface area contributed by atoms with Crippen LogP contribution in [0.4, 0.5) is 4.39 Å². The maximum atomic E-state index is 14.0. The Kier molecular flexibility index (Phi) is 7.43. The van der Waals surface area contributed by atoms with Crippen LogP contribution < -0.4 is 5.69 Å². The fourth-order valence-corrected chi connectivity index (χ4v) is 5.37. The minimum absolute atomic E-state index is 0.0174. The number of aromatic nitrogens is 3. The van der Waals surface area contributed by atoms with Crippen molar-refractivity contribution in [1.29, 1.82) is 0 Å². The van der Waals surface area contributed by atoms with Gasteiger partial charge in [0, 0.05) is 50.1 Å². The molecule has 3 aliphatic rings. The van der Waals surface area contributed by atoms with Crippen LogP contribution in [0.15, 0.2) is 28.3 Å². The predicted molar refractivity (Wildman–Crippen MR) is 120 cm³/mol. The first kappa shape index (κ1) is 22.5. The van der Waals surface area contributed by atoms with Crippen molar-refractivity contribution in [3.05, 3.63) is 39.9 Å². The Hall–Kier alpha value is -1.73. The quantitative estimate of drug-likeness (QED) is 0.623. The minimum Gasteiger partial charge on any atom is -0.373 e. The molecule has 0 radical (unpaired) electrons. The fraction of sp³-hybridized carbons (Fsp3) is 0.750. The molecular weight excluding hydrogens is 395 g/mol. The highest BCUT2D eigenvalue weighted by molar-refractivity contribution is 5.26. The molecule has 1 aliphatic carbocycles. The van der Waals surface area contributed by atoms with Crippen molar-refractivity contribution in [1.82, 2.24) is 19.2 Å². The molecule has 0 spiro atoms. The van der Waals surface area contributed by atoms with E-state index < -0.39 is 0 Å². The SMILES string of the molecule is CCC1CC(OCC2=C(F)CCC=C2)CC(C)N1CCCn1nc2n(c1=O)CCCC2. The Morgan fingerprint density at radius 2 is 2.10 bits per heavy atom. The molecule has 31 heavy (non-hydrogen) atoms. The lowest BCUT2D eigenvalue weighted by molar-refractivity contribution is -0.0321. The van der Waals surface area contributed by atoms with Crippen molar-refractivity contribution in [2.75, 3.05) is 13.2 Å². The summed E-state index contributed by atoms with van der Waals surface area (Å²) in [6.45, 7) is 7.33. The first-order valence-electron chi connectivity index (χ1n) is 12.1. The second-order valence-corrected chi connectivity index (χ2v) is 9.31. The van der Waals surface area contributed by atoms with Crippen molar-refractivity contribution in [3.8, 4) is 0 Å². The normalized spacial score (nSPS) is 27.0. The first-order valence-corrected chi connectivity index (χ1v) is 12.1. The van der Waals surface area contributed by atoms with E-state index in [1.54, 1.807) is 4.68 Å². The first-order chi connectivity index (χ1) is 15.1. The van der Waals surface area contributed by atoms with E-state index in [4.69, 9.17) is 4.74 Å². The number of allylic oxidation sites excluding steroid dienone is 2. The topological polar surface area (TPSA) is 52.3 Å². The van der Waals surface area contributed by atoms with Crippen LogP contribution in [0.3, 0.4) is 0 Å². The van der Waals surface area contributed by atoms with Crippen molar-refractivity contribution >= 4 is 0 Å². The maximum Gasteiger partial charge on any atom is 0.345 e. The summed E-state index contributed by atoms with van der Waals surface area (Å²) in [5.74, 6) is 0.935. The summed E-state index contributed by atoms with van der Waals surface area (Å²) < 4.78 is 23.6. The van der Waals surface area contributed by atoms with Crippen molar-refractivity contribution in [2.45, 2.75) is 103 Å². The number of ether oxygens (including phenoxy) is 1. The van der Waals surface area contributed by atoms with E-state index >= 15 is 0 Å². The molecule has 0 amide bonds. The number of likely N-dealkylation sites (tertiary alicyclic amines) is 1. The van der Waals surface area contributed by atoms with Gasteiger partial charge in [0.25, 0.3) is 0 Å². The molecule has 0 bridgehead atoms. The van der Waals surface area contributed by atoms with E-state index in [0.717, 1.165) is 70.3 Å². The Morgan fingerprint density at radius 1 is 1.23 bits per heavy atom. The summed E-state index contributed by atoms with van der Waals surface area (Å²) in [7, 11) is 0. The summed E-state index contributed by atoms with van der Waals surface area (Å²) in [6.07, 6.45) is 12.4. The van der Waals surface area contributed by atoms with Crippen LogP contribution in [0.25, 0.3) is 0 Å².